The summed E-state index contributed by atoms with van der Waals surface area (Å²) in [5.74, 6) is 0.0774. The Morgan fingerprint density at radius 1 is 1.53 bits per heavy atom. The largest absolute Gasteiger partial charge is 0.465 e. The summed E-state index contributed by atoms with van der Waals surface area (Å²) in [6.45, 7) is 1.91. The van der Waals surface area contributed by atoms with Gasteiger partial charge in [-0.2, -0.15) is 11.8 Å². The maximum atomic E-state index is 11.3. The minimum atomic E-state index is -0.549. The maximum absolute atomic E-state index is 11.3. The lowest BCUT2D eigenvalue weighted by atomic mass is 10.2. The molecule has 0 rings (SSSR count). The van der Waals surface area contributed by atoms with E-state index in [2.05, 4.69) is 10.1 Å². The second kappa shape index (κ2) is 8.55. The predicted molar refractivity (Wildman–Crippen MR) is 60.6 cm³/mol. The molecule has 0 saturated carbocycles. The van der Waals surface area contributed by atoms with Crippen molar-refractivity contribution in [3.05, 3.63) is 0 Å². The molecule has 0 fully saturated rings. The molecule has 0 aliphatic rings. The van der Waals surface area contributed by atoms with Crippen molar-refractivity contribution in [2.45, 2.75) is 19.4 Å². The fraction of sp³-hybridized carbons (Fsp3) is 0.778. The molecule has 5 nitrogen and oxygen atoms in total. The number of amides is 1. The first-order valence-corrected chi connectivity index (χ1v) is 6.19. The first-order valence-electron chi connectivity index (χ1n) is 4.79. The molecule has 0 aromatic carbocycles. The molecule has 0 radical (unpaired) electrons. The normalized spacial score (nSPS) is 11.9. The average molecular weight is 234 g/mol. The van der Waals surface area contributed by atoms with Gasteiger partial charge in [-0.05, 0) is 25.4 Å². The van der Waals surface area contributed by atoms with Gasteiger partial charge in [0, 0.05) is 0 Å². The van der Waals surface area contributed by atoms with E-state index in [-0.39, 0.29) is 12.5 Å². The Labute approximate surface area is 94.1 Å². The second-order valence-electron chi connectivity index (χ2n) is 2.91. The fourth-order valence-electron chi connectivity index (χ4n) is 0.878. The lowest BCUT2D eigenvalue weighted by molar-refractivity contribution is -0.143. The summed E-state index contributed by atoms with van der Waals surface area (Å²) in [4.78, 5) is 22.2. The monoisotopic (exact) mass is 234 g/mol. The van der Waals surface area contributed by atoms with Gasteiger partial charge in [0.05, 0.1) is 12.6 Å². The summed E-state index contributed by atoms with van der Waals surface area (Å²) in [6, 6.07) is -0.549. The summed E-state index contributed by atoms with van der Waals surface area (Å²) in [5, 5.41) is 2.43. The standard InChI is InChI=1S/C9H18N2O3S/c1-3-14-8(12)6-11-9(13)7(10)4-5-15-2/h7H,3-6,10H2,1-2H3,(H,11,13). The van der Waals surface area contributed by atoms with E-state index in [1.807, 2.05) is 6.26 Å². The van der Waals surface area contributed by atoms with Gasteiger partial charge in [0.1, 0.15) is 6.54 Å². The number of hydrogen-bond donors (Lipinski definition) is 2. The summed E-state index contributed by atoms with van der Waals surface area (Å²) in [6.07, 6.45) is 2.55. The zero-order valence-corrected chi connectivity index (χ0v) is 9.93. The van der Waals surface area contributed by atoms with Crippen LogP contribution in [-0.4, -0.2) is 43.1 Å². The molecule has 0 aromatic rings. The van der Waals surface area contributed by atoms with E-state index in [1.165, 1.54) is 0 Å². The van der Waals surface area contributed by atoms with Crippen LogP contribution < -0.4 is 11.1 Å². The third kappa shape index (κ3) is 7.21. The molecule has 0 bridgehead atoms. The molecular weight excluding hydrogens is 216 g/mol. The molecule has 0 heterocycles. The smallest absolute Gasteiger partial charge is 0.325 e. The molecular formula is C9H18N2O3S. The van der Waals surface area contributed by atoms with Crippen molar-refractivity contribution in [2.75, 3.05) is 25.2 Å². The zero-order valence-electron chi connectivity index (χ0n) is 9.12. The van der Waals surface area contributed by atoms with Gasteiger partial charge in [-0.3, -0.25) is 9.59 Å². The molecule has 0 aromatic heterocycles. The first-order chi connectivity index (χ1) is 7.11. The highest BCUT2D eigenvalue weighted by Crippen LogP contribution is 1.98. The zero-order chi connectivity index (χ0) is 11.7. The number of nitrogens with one attached hydrogen (secondary N) is 1. The number of ether oxygens (including phenoxy) is 1. The van der Waals surface area contributed by atoms with Gasteiger partial charge in [-0.25, -0.2) is 0 Å². The van der Waals surface area contributed by atoms with Crippen molar-refractivity contribution in [1.29, 1.82) is 0 Å². The minimum absolute atomic E-state index is 0.111. The molecule has 3 N–H and O–H groups in total. The Balaban J connectivity index is 3.68. The van der Waals surface area contributed by atoms with Crippen molar-refractivity contribution in [1.82, 2.24) is 5.32 Å². The summed E-state index contributed by atoms with van der Waals surface area (Å²) in [5.41, 5.74) is 5.59. The van der Waals surface area contributed by atoms with Crippen LogP contribution in [0.15, 0.2) is 0 Å². The number of rotatable bonds is 7. The van der Waals surface area contributed by atoms with Crippen LogP contribution in [0, 0.1) is 0 Å². The molecule has 1 amide bonds. The van der Waals surface area contributed by atoms with E-state index in [1.54, 1.807) is 18.7 Å². The van der Waals surface area contributed by atoms with Gasteiger partial charge in [0.2, 0.25) is 5.91 Å². The van der Waals surface area contributed by atoms with Crippen molar-refractivity contribution in [2.24, 2.45) is 5.73 Å². The van der Waals surface area contributed by atoms with Crippen LogP contribution >= 0.6 is 11.8 Å². The average Bonchev–Trinajstić information content (AvgIpc) is 2.22. The molecule has 88 valence electrons. The molecule has 15 heavy (non-hydrogen) atoms. The predicted octanol–water partition coefficient (Wildman–Crippen LogP) is -0.254. The highest BCUT2D eigenvalue weighted by Gasteiger charge is 2.13. The van der Waals surface area contributed by atoms with Crippen molar-refractivity contribution in [3.8, 4) is 0 Å². The Bertz CT molecular complexity index is 212. The number of carbonyl (C=O) groups excluding carboxylic acids is 2. The Morgan fingerprint density at radius 2 is 2.20 bits per heavy atom. The first kappa shape index (κ1) is 14.2. The van der Waals surface area contributed by atoms with Crippen molar-refractivity contribution < 1.29 is 14.3 Å². The molecule has 0 aliphatic carbocycles. The third-order valence-electron chi connectivity index (χ3n) is 1.68. The van der Waals surface area contributed by atoms with E-state index in [9.17, 15) is 9.59 Å². The number of thioether (sulfide) groups is 1. The van der Waals surface area contributed by atoms with Gasteiger partial charge in [0.15, 0.2) is 0 Å². The fourth-order valence-corrected chi connectivity index (χ4v) is 1.37. The van der Waals surface area contributed by atoms with E-state index in [0.29, 0.717) is 13.0 Å². The van der Waals surface area contributed by atoms with Crippen LogP contribution in [0.1, 0.15) is 13.3 Å². The second-order valence-corrected chi connectivity index (χ2v) is 3.90. The number of nitrogens with two attached hydrogens (primary N) is 1. The van der Waals surface area contributed by atoms with Crippen LogP contribution in [0.2, 0.25) is 0 Å². The van der Waals surface area contributed by atoms with Crippen LogP contribution in [0.5, 0.6) is 0 Å². The molecule has 6 heteroatoms. The highest BCUT2D eigenvalue weighted by molar-refractivity contribution is 7.98. The number of esters is 1. The van der Waals surface area contributed by atoms with Crippen molar-refractivity contribution in [3.63, 3.8) is 0 Å². The number of carbonyl (C=O) groups is 2. The summed E-state index contributed by atoms with van der Waals surface area (Å²) >= 11 is 1.63. The van der Waals surface area contributed by atoms with E-state index in [4.69, 9.17) is 5.73 Å². The van der Waals surface area contributed by atoms with E-state index >= 15 is 0 Å². The van der Waals surface area contributed by atoms with Gasteiger partial charge in [-0.15, -0.1) is 0 Å². The SMILES string of the molecule is CCOC(=O)CNC(=O)C(N)CCSC. The van der Waals surface area contributed by atoms with Gasteiger partial charge >= 0.3 is 5.97 Å². The molecule has 0 saturated heterocycles. The Morgan fingerprint density at radius 3 is 2.73 bits per heavy atom. The maximum Gasteiger partial charge on any atom is 0.325 e. The topological polar surface area (TPSA) is 81.4 Å². The summed E-state index contributed by atoms with van der Waals surface area (Å²) < 4.78 is 4.65. The summed E-state index contributed by atoms with van der Waals surface area (Å²) in [7, 11) is 0. The van der Waals surface area contributed by atoms with Crippen LogP contribution in [0.3, 0.4) is 0 Å². The van der Waals surface area contributed by atoms with Crippen LogP contribution in [0.25, 0.3) is 0 Å². The van der Waals surface area contributed by atoms with E-state index in [0.717, 1.165) is 5.75 Å². The minimum Gasteiger partial charge on any atom is -0.465 e. The Kier molecular flexibility index (Phi) is 8.12. The molecule has 0 spiro atoms. The van der Waals surface area contributed by atoms with Crippen LogP contribution in [0.4, 0.5) is 0 Å². The van der Waals surface area contributed by atoms with Gasteiger partial charge < -0.3 is 15.8 Å². The lowest BCUT2D eigenvalue weighted by Gasteiger charge is -2.10. The lowest BCUT2D eigenvalue weighted by Crippen LogP contribution is -2.43. The van der Waals surface area contributed by atoms with E-state index < -0.39 is 12.0 Å². The molecule has 0 aliphatic heterocycles. The highest BCUT2D eigenvalue weighted by atomic mass is 32.2. The number of hydrogen-bond acceptors (Lipinski definition) is 5. The quantitative estimate of drug-likeness (QED) is 0.593. The third-order valence-corrected chi connectivity index (χ3v) is 2.33. The van der Waals surface area contributed by atoms with Crippen LogP contribution in [-0.2, 0) is 14.3 Å². The van der Waals surface area contributed by atoms with Crippen molar-refractivity contribution >= 4 is 23.6 Å². The molecule has 1 unspecified atom stereocenters. The molecule has 1 atom stereocenters. The van der Waals surface area contributed by atoms with Gasteiger partial charge in [0.25, 0.3) is 0 Å². The Hall–Kier alpha value is -0.750. The van der Waals surface area contributed by atoms with Gasteiger partial charge in [-0.1, -0.05) is 0 Å².